The number of aromatic nitrogens is 1. The van der Waals surface area contributed by atoms with Crippen LogP contribution < -0.4 is 14.9 Å². The van der Waals surface area contributed by atoms with Gasteiger partial charge in [0.05, 0.1) is 29.0 Å². The monoisotopic (exact) mass is 414 g/mol. The van der Waals surface area contributed by atoms with E-state index in [9.17, 15) is 14.0 Å². The van der Waals surface area contributed by atoms with Gasteiger partial charge >= 0.3 is 5.97 Å². The number of fused-ring (bicyclic) bond motifs is 1. The molecule has 0 bridgehead atoms. The fourth-order valence-electron chi connectivity index (χ4n) is 3.16. The molecule has 0 N–H and O–H groups in total. The average molecular weight is 414 g/mol. The molecule has 1 aromatic carbocycles. The smallest absolute Gasteiger partial charge is 0.338 e. The second kappa shape index (κ2) is 7.29. The van der Waals surface area contributed by atoms with Crippen LogP contribution in [0.3, 0.4) is 0 Å². The number of benzene rings is 1. The molecule has 0 aliphatic carbocycles. The first-order chi connectivity index (χ1) is 13.5. The summed E-state index contributed by atoms with van der Waals surface area (Å²) >= 11 is 2.79. The molecule has 0 unspecified atom stereocenters. The summed E-state index contributed by atoms with van der Waals surface area (Å²) in [6.07, 6.45) is 1.81. The Hall–Kier alpha value is -2.84. The first-order valence-corrected chi connectivity index (χ1v) is 10.1. The molecule has 0 amide bonds. The molecule has 28 heavy (non-hydrogen) atoms. The lowest BCUT2D eigenvalue weighted by Gasteiger charge is -2.24. The fourth-order valence-corrected chi connectivity index (χ4v) is 4.93. The van der Waals surface area contributed by atoms with Crippen LogP contribution in [-0.4, -0.2) is 17.6 Å². The maximum absolute atomic E-state index is 13.5. The molecule has 8 heteroatoms. The van der Waals surface area contributed by atoms with Crippen molar-refractivity contribution in [2.24, 2.45) is 4.99 Å². The van der Waals surface area contributed by atoms with Crippen molar-refractivity contribution in [2.75, 3.05) is 7.11 Å². The predicted molar refractivity (Wildman–Crippen MR) is 107 cm³/mol. The van der Waals surface area contributed by atoms with Crippen molar-refractivity contribution in [3.63, 3.8) is 0 Å². The van der Waals surface area contributed by atoms with E-state index in [1.807, 2.05) is 23.6 Å². The normalized spacial score (nSPS) is 16.7. The second-order valence-electron chi connectivity index (χ2n) is 6.14. The van der Waals surface area contributed by atoms with E-state index in [1.165, 1.54) is 46.5 Å². The van der Waals surface area contributed by atoms with Crippen LogP contribution in [0.1, 0.15) is 23.4 Å². The summed E-state index contributed by atoms with van der Waals surface area (Å²) in [7, 11) is 1.28. The SMILES string of the molecule is COC(=O)C1=C(C)N=c2s/c(=C/c3cccs3)c(=O)n2[C@H]1c1ccc(F)cc1. The Morgan fingerprint density at radius 3 is 2.68 bits per heavy atom. The van der Waals surface area contributed by atoms with Gasteiger partial charge in [0, 0.05) is 4.88 Å². The lowest BCUT2D eigenvalue weighted by atomic mass is 9.96. The van der Waals surface area contributed by atoms with Crippen LogP contribution in [0.5, 0.6) is 0 Å². The first-order valence-electron chi connectivity index (χ1n) is 8.39. The van der Waals surface area contributed by atoms with E-state index in [0.717, 1.165) is 4.88 Å². The number of carbonyl (C=O) groups is 1. The highest BCUT2D eigenvalue weighted by Gasteiger charge is 2.33. The highest BCUT2D eigenvalue weighted by Crippen LogP contribution is 2.30. The molecule has 3 aromatic rings. The molecule has 4 rings (SSSR count). The summed E-state index contributed by atoms with van der Waals surface area (Å²) in [5.74, 6) is -0.961. The number of hydrogen-bond acceptors (Lipinski definition) is 6. The van der Waals surface area contributed by atoms with Gasteiger partial charge in [-0.05, 0) is 42.1 Å². The summed E-state index contributed by atoms with van der Waals surface area (Å²) in [6.45, 7) is 1.71. The van der Waals surface area contributed by atoms with Gasteiger partial charge in [-0.3, -0.25) is 9.36 Å². The Bertz CT molecular complexity index is 1250. The van der Waals surface area contributed by atoms with E-state index in [-0.39, 0.29) is 11.1 Å². The number of halogens is 1. The van der Waals surface area contributed by atoms with Crippen molar-refractivity contribution in [1.29, 1.82) is 0 Å². The minimum Gasteiger partial charge on any atom is -0.466 e. The van der Waals surface area contributed by atoms with Gasteiger partial charge in [0.25, 0.3) is 5.56 Å². The Kier molecular flexibility index (Phi) is 4.82. The van der Waals surface area contributed by atoms with Crippen LogP contribution in [0.25, 0.3) is 6.08 Å². The second-order valence-corrected chi connectivity index (χ2v) is 8.13. The van der Waals surface area contributed by atoms with Crippen molar-refractivity contribution in [3.05, 3.63) is 89.0 Å². The van der Waals surface area contributed by atoms with E-state index in [0.29, 0.717) is 20.6 Å². The summed E-state index contributed by atoms with van der Waals surface area (Å²) in [4.78, 5) is 31.6. The minimum absolute atomic E-state index is 0.250. The van der Waals surface area contributed by atoms with Crippen LogP contribution in [0.2, 0.25) is 0 Å². The van der Waals surface area contributed by atoms with Crippen LogP contribution in [0.4, 0.5) is 4.39 Å². The van der Waals surface area contributed by atoms with E-state index >= 15 is 0 Å². The van der Waals surface area contributed by atoms with Crippen LogP contribution in [0.15, 0.2) is 62.8 Å². The Balaban J connectivity index is 2.00. The molecule has 0 radical (unpaired) electrons. The number of thiophene rings is 1. The summed E-state index contributed by atoms with van der Waals surface area (Å²) in [5, 5.41) is 1.93. The van der Waals surface area contributed by atoms with Gasteiger partial charge < -0.3 is 4.74 Å². The zero-order valence-corrected chi connectivity index (χ0v) is 16.6. The van der Waals surface area contributed by atoms with E-state index in [1.54, 1.807) is 19.1 Å². The van der Waals surface area contributed by atoms with Gasteiger partial charge in [0.1, 0.15) is 5.82 Å². The largest absolute Gasteiger partial charge is 0.466 e. The quantitative estimate of drug-likeness (QED) is 0.619. The van der Waals surface area contributed by atoms with Gasteiger partial charge in [-0.2, -0.15) is 0 Å². The number of rotatable bonds is 3. The van der Waals surface area contributed by atoms with Crippen LogP contribution in [0, 0.1) is 5.82 Å². The number of allylic oxidation sites excluding steroid dienone is 1. The lowest BCUT2D eigenvalue weighted by Crippen LogP contribution is -2.39. The molecule has 0 saturated carbocycles. The predicted octanol–water partition coefficient (Wildman–Crippen LogP) is 2.61. The molecule has 0 saturated heterocycles. The van der Waals surface area contributed by atoms with Crippen LogP contribution >= 0.6 is 22.7 Å². The Morgan fingerprint density at radius 2 is 2.04 bits per heavy atom. The maximum Gasteiger partial charge on any atom is 0.338 e. The molecule has 3 heterocycles. The lowest BCUT2D eigenvalue weighted by molar-refractivity contribution is -0.136. The molecular weight excluding hydrogens is 399 g/mol. The van der Waals surface area contributed by atoms with Gasteiger partial charge in [-0.15, -0.1) is 11.3 Å². The maximum atomic E-state index is 13.5. The number of hydrogen-bond donors (Lipinski definition) is 0. The third-order valence-corrected chi connectivity index (χ3v) is 6.23. The van der Waals surface area contributed by atoms with Crippen molar-refractivity contribution in [3.8, 4) is 0 Å². The number of esters is 1. The molecule has 1 aliphatic heterocycles. The van der Waals surface area contributed by atoms with Crippen molar-refractivity contribution < 1.29 is 13.9 Å². The number of ether oxygens (including phenoxy) is 1. The Morgan fingerprint density at radius 1 is 1.29 bits per heavy atom. The molecule has 0 spiro atoms. The number of nitrogens with zero attached hydrogens (tertiary/aromatic N) is 2. The highest BCUT2D eigenvalue weighted by molar-refractivity contribution is 7.11. The summed E-state index contributed by atoms with van der Waals surface area (Å²) in [5.41, 5.74) is 1.11. The summed E-state index contributed by atoms with van der Waals surface area (Å²) < 4.78 is 20.4. The zero-order valence-electron chi connectivity index (χ0n) is 15.0. The molecule has 142 valence electrons. The van der Waals surface area contributed by atoms with Gasteiger partial charge in [-0.1, -0.05) is 29.5 Å². The topological polar surface area (TPSA) is 60.7 Å². The Labute approximate surface area is 167 Å². The standard InChI is InChI=1S/C20H15FN2O3S2/c1-11-16(19(25)26-2)17(12-5-7-13(21)8-6-12)23-18(24)15(28-20(23)22-11)10-14-4-3-9-27-14/h3-10,17H,1-2H3/b15-10+/t17-/m0/s1. The number of methoxy groups -OCH3 is 1. The molecule has 0 fully saturated rings. The molecular formula is C20H15FN2O3S2. The van der Waals surface area contributed by atoms with Gasteiger partial charge in [-0.25, -0.2) is 14.2 Å². The molecule has 1 aliphatic rings. The molecule has 2 aromatic heterocycles. The highest BCUT2D eigenvalue weighted by atomic mass is 32.1. The van der Waals surface area contributed by atoms with Crippen LogP contribution in [-0.2, 0) is 9.53 Å². The number of thiazole rings is 1. The van der Waals surface area contributed by atoms with E-state index in [4.69, 9.17) is 4.74 Å². The third kappa shape index (κ3) is 3.14. The number of carbonyl (C=O) groups excluding carboxylic acids is 1. The van der Waals surface area contributed by atoms with Crippen molar-refractivity contribution >= 4 is 34.7 Å². The van der Waals surface area contributed by atoms with E-state index < -0.39 is 17.8 Å². The van der Waals surface area contributed by atoms with Gasteiger partial charge in [0.2, 0.25) is 0 Å². The van der Waals surface area contributed by atoms with E-state index in [2.05, 4.69) is 4.99 Å². The molecule has 5 nitrogen and oxygen atoms in total. The fraction of sp³-hybridized carbons (Fsp3) is 0.150. The van der Waals surface area contributed by atoms with Gasteiger partial charge in [0.15, 0.2) is 4.80 Å². The van der Waals surface area contributed by atoms with Crippen molar-refractivity contribution in [2.45, 2.75) is 13.0 Å². The minimum atomic E-state index is -0.727. The first kappa shape index (κ1) is 18.5. The third-order valence-electron chi connectivity index (χ3n) is 4.43. The molecule has 1 atom stereocenters. The summed E-state index contributed by atoms with van der Waals surface area (Å²) in [6, 6.07) is 8.85. The average Bonchev–Trinajstić information content (AvgIpc) is 3.29. The zero-order chi connectivity index (χ0) is 19.8. The van der Waals surface area contributed by atoms with Crippen molar-refractivity contribution in [1.82, 2.24) is 4.57 Å².